The Balaban J connectivity index is 2.24. The van der Waals surface area contributed by atoms with E-state index >= 15 is 0 Å². The summed E-state index contributed by atoms with van der Waals surface area (Å²) in [5.74, 6) is 0.146. The van der Waals surface area contributed by atoms with Crippen LogP contribution in [0.4, 0.5) is 0 Å². The Morgan fingerprint density at radius 2 is 2.31 bits per heavy atom. The normalized spacial score (nSPS) is 20.0. The molecule has 1 N–H and O–H groups in total. The van der Waals surface area contributed by atoms with Gasteiger partial charge in [0.1, 0.15) is 9.75 Å². The summed E-state index contributed by atoms with van der Waals surface area (Å²) < 4.78 is 26.7. The Bertz CT molecular complexity index is 512. The van der Waals surface area contributed by atoms with Crippen LogP contribution < -0.4 is 4.72 Å². The van der Waals surface area contributed by atoms with Crippen LogP contribution in [0, 0.1) is 17.2 Å². The molecule has 1 aromatic heterocycles. The minimum Gasteiger partial charge on any atom is -0.206 e. The van der Waals surface area contributed by atoms with E-state index in [4.69, 9.17) is 5.26 Å². The van der Waals surface area contributed by atoms with Crippen molar-refractivity contribution < 1.29 is 8.42 Å². The Kier molecular flexibility index (Phi) is 2.78. The molecule has 6 heteroatoms. The van der Waals surface area contributed by atoms with Gasteiger partial charge < -0.3 is 0 Å². The molecule has 1 aromatic rings. The maximum Gasteiger partial charge on any atom is 0.251 e. The molecule has 2 rings (SSSR count). The van der Waals surface area contributed by atoms with Gasteiger partial charge in [0.05, 0.1) is 6.07 Å². The van der Waals surface area contributed by atoms with Crippen LogP contribution in [0.3, 0.4) is 0 Å². The maximum atomic E-state index is 11.9. The Morgan fingerprint density at radius 1 is 1.62 bits per heavy atom. The van der Waals surface area contributed by atoms with Crippen molar-refractivity contribution in [1.82, 2.24) is 4.72 Å². The van der Waals surface area contributed by atoms with Gasteiger partial charge >= 0.3 is 0 Å². The molecular weight excluding hydrogens is 244 g/mol. The van der Waals surface area contributed by atoms with Gasteiger partial charge in [0.15, 0.2) is 0 Å². The molecule has 0 aliphatic heterocycles. The van der Waals surface area contributed by atoms with E-state index in [-0.39, 0.29) is 10.1 Å². The van der Waals surface area contributed by atoms with Gasteiger partial charge in [0.2, 0.25) is 0 Å². The monoisotopic (exact) mass is 256 g/mol. The maximum absolute atomic E-state index is 11.9. The number of nitrogens with zero attached hydrogens (tertiary/aromatic N) is 1. The lowest BCUT2D eigenvalue weighted by atomic mass is 10.0. The van der Waals surface area contributed by atoms with Gasteiger partial charge in [-0.1, -0.05) is 6.07 Å². The third-order valence-corrected chi connectivity index (χ3v) is 5.70. The third-order valence-electron chi connectivity index (χ3n) is 2.73. The molecule has 0 radical (unpaired) electrons. The van der Waals surface area contributed by atoms with Crippen LogP contribution in [0.5, 0.6) is 0 Å². The topological polar surface area (TPSA) is 70.0 Å². The summed E-state index contributed by atoms with van der Waals surface area (Å²) in [6, 6.07) is 5.29. The second-order valence-electron chi connectivity index (χ2n) is 4.13. The van der Waals surface area contributed by atoms with Crippen LogP contribution in [0.15, 0.2) is 21.7 Å². The van der Waals surface area contributed by atoms with Crippen LogP contribution in [-0.2, 0) is 10.0 Å². The predicted octanol–water partition coefficient (Wildman–Crippen LogP) is 1.72. The predicted molar refractivity (Wildman–Crippen MR) is 61.4 cm³/mol. The molecule has 86 valence electrons. The van der Waals surface area contributed by atoms with Crippen molar-refractivity contribution in [1.29, 1.82) is 5.26 Å². The minimum atomic E-state index is -3.55. The molecule has 1 heterocycles. The molecule has 1 aliphatic carbocycles. The van der Waals surface area contributed by atoms with Gasteiger partial charge in [-0.2, -0.15) is 9.98 Å². The van der Waals surface area contributed by atoms with E-state index in [0.29, 0.717) is 0 Å². The highest BCUT2D eigenvalue weighted by Gasteiger charge is 2.44. The van der Waals surface area contributed by atoms with Gasteiger partial charge in [-0.3, -0.25) is 0 Å². The van der Waals surface area contributed by atoms with E-state index in [1.165, 1.54) is 6.07 Å². The number of thiophene rings is 1. The molecule has 4 nitrogen and oxygen atoms in total. The van der Waals surface area contributed by atoms with Gasteiger partial charge in [-0.05, 0) is 37.1 Å². The quantitative estimate of drug-likeness (QED) is 0.891. The third kappa shape index (κ3) is 2.12. The second kappa shape index (κ2) is 3.84. The number of nitrogens with one attached hydrogen (secondary N) is 1. The van der Waals surface area contributed by atoms with Crippen LogP contribution >= 0.6 is 11.3 Å². The van der Waals surface area contributed by atoms with Crippen LogP contribution in [0.2, 0.25) is 0 Å². The highest BCUT2D eigenvalue weighted by molar-refractivity contribution is 7.91. The average molecular weight is 256 g/mol. The lowest BCUT2D eigenvalue weighted by Gasteiger charge is -2.21. The molecule has 0 unspecified atom stereocenters. The van der Waals surface area contributed by atoms with Crippen LogP contribution in [0.1, 0.15) is 19.8 Å². The van der Waals surface area contributed by atoms with E-state index in [1.807, 2.05) is 0 Å². The van der Waals surface area contributed by atoms with Crippen molar-refractivity contribution in [2.75, 3.05) is 0 Å². The van der Waals surface area contributed by atoms with E-state index in [0.717, 1.165) is 24.2 Å². The first-order chi connectivity index (χ1) is 7.48. The van der Waals surface area contributed by atoms with Gasteiger partial charge in [-0.15, -0.1) is 11.3 Å². The second-order valence-corrected chi connectivity index (χ2v) is 6.98. The molecule has 1 aliphatic rings. The highest BCUT2D eigenvalue weighted by Crippen LogP contribution is 2.40. The summed E-state index contributed by atoms with van der Waals surface area (Å²) >= 11 is 1.15. The van der Waals surface area contributed by atoms with Gasteiger partial charge in [0.25, 0.3) is 10.0 Å². The Hall–Kier alpha value is -0.900. The van der Waals surface area contributed by atoms with Crippen LogP contribution in [0.25, 0.3) is 0 Å². The molecule has 1 fully saturated rings. The number of hydrogen-bond acceptors (Lipinski definition) is 4. The SMILES string of the molecule is C[C@](C#N)(NS(=O)(=O)c1cccs1)C1CC1. The number of nitriles is 1. The van der Waals surface area contributed by atoms with Crippen molar-refractivity contribution in [3.05, 3.63) is 17.5 Å². The zero-order valence-electron chi connectivity index (χ0n) is 8.80. The highest BCUT2D eigenvalue weighted by atomic mass is 32.2. The first-order valence-corrected chi connectivity index (χ1v) is 7.33. The molecule has 1 atom stereocenters. The standard InChI is InChI=1S/C10H12N2O2S2/c1-10(7-11,8-4-5-8)12-16(13,14)9-3-2-6-15-9/h2-3,6,8,12H,4-5H2,1H3/t10-/m1/s1. The van der Waals surface area contributed by atoms with E-state index in [9.17, 15) is 8.42 Å². The largest absolute Gasteiger partial charge is 0.251 e. The Morgan fingerprint density at radius 3 is 2.75 bits per heavy atom. The lowest BCUT2D eigenvalue weighted by Crippen LogP contribution is -2.46. The smallest absolute Gasteiger partial charge is 0.206 e. The summed E-state index contributed by atoms with van der Waals surface area (Å²) in [5.41, 5.74) is -0.969. The van der Waals surface area contributed by atoms with Crippen LogP contribution in [-0.4, -0.2) is 14.0 Å². The molecule has 0 aromatic carbocycles. The van der Waals surface area contributed by atoms with Crippen molar-refractivity contribution >= 4 is 21.4 Å². The minimum absolute atomic E-state index is 0.146. The summed E-state index contributed by atoms with van der Waals surface area (Å²) in [4.78, 5) is 0. The van der Waals surface area contributed by atoms with E-state index in [2.05, 4.69) is 10.8 Å². The molecule has 0 saturated heterocycles. The fraction of sp³-hybridized carbons (Fsp3) is 0.500. The summed E-state index contributed by atoms with van der Waals surface area (Å²) in [6.07, 6.45) is 1.83. The molecule has 0 amide bonds. The first-order valence-electron chi connectivity index (χ1n) is 4.97. The summed E-state index contributed by atoms with van der Waals surface area (Å²) in [7, 11) is -3.55. The molecule has 0 spiro atoms. The Labute approximate surface area is 99.0 Å². The summed E-state index contributed by atoms with van der Waals surface area (Å²) in [6.45, 7) is 1.65. The first kappa shape index (κ1) is 11.6. The van der Waals surface area contributed by atoms with Gasteiger partial charge in [-0.25, -0.2) is 8.42 Å². The number of sulfonamides is 1. The van der Waals surface area contributed by atoms with E-state index < -0.39 is 15.6 Å². The van der Waals surface area contributed by atoms with Gasteiger partial charge in [0, 0.05) is 0 Å². The van der Waals surface area contributed by atoms with Crippen molar-refractivity contribution in [2.24, 2.45) is 5.92 Å². The van der Waals surface area contributed by atoms with Crippen molar-refractivity contribution in [3.63, 3.8) is 0 Å². The zero-order chi connectivity index (χ0) is 11.8. The average Bonchev–Trinajstić information content (AvgIpc) is 2.93. The molecule has 1 saturated carbocycles. The zero-order valence-corrected chi connectivity index (χ0v) is 10.4. The lowest BCUT2D eigenvalue weighted by molar-refractivity contribution is 0.459. The van der Waals surface area contributed by atoms with Crippen molar-refractivity contribution in [3.8, 4) is 6.07 Å². The number of hydrogen-bond donors (Lipinski definition) is 1. The summed E-state index contributed by atoms with van der Waals surface area (Å²) in [5, 5.41) is 10.8. The molecular formula is C10H12N2O2S2. The fourth-order valence-electron chi connectivity index (χ4n) is 1.60. The van der Waals surface area contributed by atoms with Crippen molar-refractivity contribution in [2.45, 2.75) is 29.5 Å². The fourth-order valence-corrected chi connectivity index (χ4v) is 3.98. The number of rotatable bonds is 4. The van der Waals surface area contributed by atoms with E-state index in [1.54, 1.807) is 18.4 Å². The molecule has 0 bridgehead atoms. The molecule has 16 heavy (non-hydrogen) atoms.